The average molecular weight is 342 g/mol. The van der Waals surface area contributed by atoms with E-state index < -0.39 is 6.10 Å². The maximum Gasteiger partial charge on any atom is 0.268 e. The number of carbonyl (C=O) groups excluding carboxylic acids is 1. The maximum absolute atomic E-state index is 13.0. The van der Waals surface area contributed by atoms with Gasteiger partial charge in [0.2, 0.25) is 6.10 Å². The quantitative estimate of drug-likeness (QED) is 0.835. The van der Waals surface area contributed by atoms with E-state index in [0.717, 1.165) is 11.6 Å². The van der Waals surface area contributed by atoms with E-state index in [0.29, 0.717) is 37.1 Å². The molecule has 0 fully saturated rings. The van der Waals surface area contributed by atoms with Gasteiger partial charge in [-0.15, -0.1) is 10.2 Å². The zero-order valence-corrected chi connectivity index (χ0v) is 14.7. The fraction of sp³-hybridized carbons (Fsp3) is 0.500. The van der Waals surface area contributed by atoms with Gasteiger partial charge in [0, 0.05) is 19.0 Å². The number of aromatic nitrogens is 3. The summed E-state index contributed by atoms with van der Waals surface area (Å²) in [6.07, 6.45) is -0.984. The molecule has 2 aliphatic heterocycles. The third-order valence-corrected chi connectivity index (χ3v) is 4.70. The molecule has 0 radical (unpaired) electrons. The van der Waals surface area contributed by atoms with Crippen LogP contribution in [0.3, 0.4) is 0 Å². The molecule has 7 nitrogen and oxygen atoms in total. The average Bonchev–Trinajstić information content (AvgIpc) is 3.04. The van der Waals surface area contributed by atoms with E-state index in [1.54, 1.807) is 4.90 Å². The SMILES string of the molecule is CC(C)c1nnc2n1CCN(C(=O)[C@@H]1Oc3ccccc3O[C@@H]1C)C2. The summed E-state index contributed by atoms with van der Waals surface area (Å²) >= 11 is 0. The van der Waals surface area contributed by atoms with Gasteiger partial charge in [-0.2, -0.15) is 0 Å². The summed E-state index contributed by atoms with van der Waals surface area (Å²) in [4.78, 5) is 14.8. The molecule has 1 aromatic carbocycles. The molecule has 4 rings (SSSR count). The number of fused-ring (bicyclic) bond motifs is 2. The first-order valence-corrected chi connectivity index (χ1v) is 8.67. The molecule has 2 aliphatic rings. The normalized spacial score (nSPS) is 22.0. The molecule has 0 saturated heterocycles. The lowest BCUT2D eigenvalue weighted by molar-refractivity contribution is -0.146. The number of carbonyl (C=O) groups is 1. The van der Waals surface area contributed by atoms with Crippen LogP contribution in [0.1, 0.15) is 38.3 Å². The van der Waals surface area contributed by atoms with Gasteiger partial charge in [-0.3, -0.25) is 4.79 Å². The van der Waals surface area contributed by atoms with Crippen molar-refractivity contribution in [3.8, 4) is 11.5 Å². The van der Waals surface area contributed by atoms with Crippen molar-refractivity contribution in [3.05, 3.63) is 35.9 Å². The Bertz CT molecular complexity index is 801. The van der Waals surface area contributed by atoms with Crippen LogP contribution in [-0.2, 0) is 17.9 Å². The first-order chi connectivity index (χ1) is 12.0. The van der Waals surface area contributed by atoms with E-state index in [4.69, 9.17) is 9.47 Å². The zero-order chi connectivity index (χ0) is 17.6. The van der Waals surface area contributed by atoms with Gasteiger partial charge in [0.1, 0.15) is 11.9 Å². The molecule has 0 N–H and O–H groups in total. The van der Waals surface area contributed by atoms with Crippen LogP contribution < -0.4 is 9.47 Å². The highest BCUT2D eigenvalue weighted by atomic mass is 16.6. The van der Waals surface area contributed by atoms with Crippen LogP contribution in [0, 0.1) is 0 Å². The zero-order valence-electron chi connectivity index (χ0n) is 14.7. The third-order valence-electron chi connectivity index (χ3n) is 4.70. The minimum Gasteiger partial charge on any atom is -0.482 e. The minimum atomic E-state index is -0.644. The standard InChI is InChI=1S/C18H22N4O3/c1-11(2)17-20-19-15-10-21(8-9-22(15)17)18(23)16-12(3)24-13-6-4-5-7-14(13)25-16/h4-7,11-12,16H,8-10H2,1-3H3/t12-,16-/m1/s1. The topological polar surface area (TPSA) is 69.5 Å². The molecule has 1 aromatic heterocycles. The second-order valence-electron chi connectivity index (χ2n) is 6.85. The predicted octanol–water partition coefficient (Wildman–Crippen LogP) is 1.97. The molecule has 0 aliphatic carbocycles. The lowest BCUT2D eigenvalue weighted by Gasteiger charge is -2.36. The summed E-state index contributed by atoms with van der Waals surface area (Å²) < 4.78 is 13.9. The Morgan fingerprint density at radius 3 is 2.60 bits per heavy atom. The molecule has 132 valence electrons. The monoisotopic (exact) mass is 342 g/mol. The second-order valence-corrected chi connectivity index (χ2v) is 6.85. The Morgan fingerprint density at radius 1 is 1.16 bits per heavy atom. The largest absolute Gasteiger partial charge is 0.482 e. The first kappa shape index (κ1) is 15.9. The van der Waals surface area contributed by atoms with Crippen molar-refractivity contribution in [2.45, 2.75) is 52.0 Å². The molecule has 25 heavy (non-hydrogen) atoms. The molecule has 2 aromatic rings. The molecule has 7 heteroatoms. The molecule has 0 unspecified atom stereocenters. The molecular weight excluding hydrogens is 320 g/mol. The number of para-hydroxylation sites is 2. The fourth-order valence-electron chi connectivity index (χ4n) is 3.37. The van der Waals surface area contributed by atoms with Gasteiger partial charge < -0.3 is 18.9 Å². The minimum absolute atomic E-state index is 0.0673. The van der Waals surface area contributed by atoms with Gasteiger partial charge >= 0.3 is 0 Å². The Labute approximate surface area is 146 Å². The number of hydrogen-bond donors (Lipinski definition) is 0. The van der Waals surface area contributed by atoms with Crippen LogP contribution in [0.2, 0.25) is 0 Å². The summed E-state index contributed by atoms with van der Waals surface area (Å²) in [5, 5.41) is 8.53. The van der Waals surface area contributed by atoms with E-state index in [2.05, 4.69) is 28.6 Å². The highest BCUT2D eigenvalue weighted by molar-refractivity contribution is 5.82. The molecule has 2 atom stereocenters. The van der Waals surface area contributed by atoms with Crippen LogP contribution in [0.5, 0.6) is 11.5 Å². The van der Waals surface area contributed by atoms with Gasteiger partial charge in [-0.25, -0.2) is 0 Å². The van der Waals surface area contributed by atoms with Crippen LogP contribution in [-0.4, -0.2) is 44.3 Å². The van der Waals surface area contributed by atoms with E-state index in [9.17, 15) is 4.79 Å². The van der Waals surface area contributed by atoms with Crippen LogP contribution in [0.15, 0.2) is 24.3 Å². The van der Waals surface area contributed by atoms with Gasteiger partial charge in [0.25, 0.3) is 5.91 Å². The Balaban J connectivity index is 1.52. The van der Waals surface area contributed by atoms with Gasteiger partial charge in [0.05, 0.1) is 6.54 Å². The van der Waals surface area contributed by atoms with Gasteiger partial charge in [-0.05, 0) is 19.1 Å². The number of ether oxygens (including phenoxy) is 2. The lowest BCUT2D eigenvalue weighted by atomic mass is 10.1. The van der Waals surface area contributed by atoms with E-state index >= 15 is 0 Å². The van der Waals surface area contributed by atoms with E-state index in [1.807, 2.05) is 31.2 Å². The lowest BCUT2D eigenvalue weighted by Crippen LogP contribution is -2.52. The van der Waals surface area contributed by atoms with Gasteiger partial charge in [-0.1, -0.05) is 26.0 Å². The Hall–Kier alpha value is -2.57. The van der Waals surface area contributed by atoms with Gasteiger partial charge in [0.15, 0.2) is 17.3 Å². The highest BCUT2D eigenvalue weighted by Crippen LogP contribution is 2.34. The number of benzene rings is 1. The van der Waals surface area contributed by atoms with Crippen molar-refractivity contribution in [1.29, 1.82) is 0 Å². The second kappa shape index (κ2) is 6.06. The van der Waals surface area contributed by atoms with E-state index in [1.165, 1.54) is 0 Å². The summed E-state index contributed by atoms with van der Waals surface area (Å²) in [5.41, 5.74) is 0. The van der Waals surface area contributed by atoms with E-state index in [-0.39, 0.29) is 12.0 Å². The van der Waals surface area contributed by atoms with Crippen molar-refractivity contribution in [2.75, 3.05) is 6.54 Å². The maximum atomic E-state index is 13.0. The molecule has 1 amide bonds. The summed E-state index contributed by atoms with van der Waals surface area (Å²) in [5.74, 6) is 3.34. The van der Waals surface area contributed by atoms with Crippen LogP contribution in [0.4, 0.5) is 0 Å². The smallest absolute Gasteiger partial charge is 0.268 e. The highest BCUT2D eigenvalue weighted by Gasteiger charge is 2.38. The Morgan fingerprint density at radius 2 is 1.88 bits per heavy atom. The van der Waals surface area contributed by atoms with Crippen molar-refractivity contribution < 1.29 is 14.3 Å². The number of rotatable bonds is 2. The molecule has 3 heterocycles. The molecular formula is C18H22N4O3. The summed E-state index contributed by atoms with van der Waals surface area (Å²) in [7, 11) is 0. The van der Waals surface area contributed by atoms with Crippen molar-refractivity contribution in [3.63, 3.8) is 0 Å². The van der Waals surface area contributed by atoms with Crippen molar-refractivity contribution in [1.82, 2.24) is 19.7 Å². The molecule has 0 spiro atoms. The number of hydrogen-bond acceptors (Lipinski definition) is 5. The van der Waals surface area contributed by atoms with Crippen molar-refractivity contribution >= 4 is 5.91 Å². The third kappa shape index (κ3) is 2.73. The molecule has 0 bridgehead atoms. The Kier molecular flexibility index (Phi) is 3.86. The van der Waals surface area contributed by atoms with Crippen LogP contribution >= 0.6 is 0 Å². The predicted molar refractivity (Wildman–Crippen MR) is 90.5 cm³/mol. The molecule has 0 saturated carbocycles. The fourth-order valence-corrected chi connectivity index (χ4v) is 3.37. The number of nitrogens with zero attached hydrogens (tertiary/aromatic N) is 4. The first-order valence-electron chi connectivity index (χ1n) is 8.67. The summed E-state index contributed by atoms with van der Waals surface area (Å²) in [6.45, 7) is 7.84. The van der Waals surface area contributed by atoms with Crippen molar-refractivity contribution in [2.24, 2.45) is 0 Å². The summed E-state index contributed by atoms with van der Waals surface area (Å²) in [6, 6.07) is 7.43. The van der Waals surface area contributed by atoms with Crippen LogP contribution in [0.25, 0.3) is 0 Å². The number of amides is 1.